The molecule has 178 valence electrons. The molecule has 1 aliphatic rings. The Morgan fingerprint density at radius 1 is 1.12 bits per heavy atom. The van der Waals surface area contributed by atoms with Crippen molar-refractivity contribution in [3.8, 4) is 5.75 Å². The van der Waals surface area contributed by atoms with Crippen molar-refractivity contribution in [1.29, 1.82) is 0 Å². The molecule has 0 bridgehead atoms. The molecular weight excluding hydrogens is 462 g/mol. The van der Waals surface area contributed by atoms with E-state index in [0.717, 1.165) is 36.1 Å². The number of aromatic hydroxyl groups is 1. The number of furan rings is 1. The van der Waals surface area contributed by atoms with Crippen LogP contribution in [0.5, 0.6) is 5.75 Å². The Hall–Kier alpha value is -2.63. The first kappa shape index (κ1) is 23.5. The molecule has 0 radical (unpaired) electrons. The topological polar surface area (TPSA) is 121 Å². The third kappa shape index (κ3) is 4.85. The molecule has 0 unspecified atom stereocenters. The summed E-state index contributed by atoms with van der Waals surface area (Å²) >= 11 is 1.01. The third-order valence-corrected chi connectivity index (χ3v) is 8.07. The Kier molecular flexibility index (Phi) is 6.39. The summed E-state index contributed by atoms with van der Waals surface area (Å²) in [7, 11) is -3.77. The molecule has 9 nitrogen and oxygen atoms in total. The van der Waals surface area contributed by atoms with Gasteiger partial charge in [0.1, 0.15) is 16.4 Å². The van der Waals surface area contributed by atoms with Gasteiger partial charge in [0.2, 0.25) is 10.0 Å². The number of phenolic OH excluding ortho intramolecular Hbond substituents is 1. The lowest BCUT2D eigenvalue weighted by atomic mass is 9.85. The van der Waals surface area contributed by atoms with Crippen molar-refractivity contribution in [2.45, 2.75) is 51.5 Å². The molecule has 4 rings (SSSR count). The van der Waals surface area contributed by atoms with E-state index in [0.29, 0.717) is 24.7 Å². The van der Waals surface area contributed by atoms with Crippen LogP contribution >= 0.6 is 11.7 Å². The van der Waals surface area contributed by atoms with Crippen LogP contribution in [-0.2, 0) is 10.0 Å². The summed E-state index contributed by atoms with van der Waals surface area (Å²) in [5, 5.41) is 17.3. The van der Waals surface area contributed by atoms with Crippen molar-refractivity contribution >= 4 is 39.1 Å². The number of phenols is 1. The monoisotopic (exact) mass is 491 g/mol. The number of nitrogens with zero attached hydrogens (tertiary/aromatic N) is 3. The summed E-state index contributed by atoms with van der Waals surface area (Å²) in [5.41, 5.74) is 0.0454. The normalized spacial score (nSPS) is 16.1. The standard InChI is InChI=1S/C22H29N5O4S2/c1-14-10-11-16(31-14)19(22(2,3)4)24-21-20(25-32-26-21)23-15-8-7-9-17(18(15)28)33(29,30)27-12-5-6-13-27/h7-11,19,28H,5-6,12-13H2,1-4H3,(H,23,25)(H,24,26)/t19-/m0/s1. The second-order valence-electron chi connectivity index (χ2n) is 9.24. The van der Waals surface area contributed by atoms with Gasteiger partial charge in [0.25, 0.3) is 0 Å². The molecule has 33 heavy (non-hydrogen) atoms. The molecule has 2 aromatic heterocycles. The van der Waals surface area contributed by atoms with Crippen molar-refractivity contribution in [1.82, 2.24) is 13.1 Å². The molecule has 1 atom stereocenters. The van der Waals surface area contributed by atoms with E-state index in [1.54, 1.807) is 12.1 Å². The van der Waals surface area contributed by atoms with E-state index >= 15 is 0 Å². The zero-order valence-electron chi connectivity index (χ0n) is 19.1. The van der Waals surface area contributed by atoms with Gasteiger partial charge < -0.3 is 20.2 Å². The molecule has 1 aliphatic heterocycles. The van der Waals surface area contributed by atoms with Gasteiger partial charge >= 0.3 is 0 Å². The highest BCUT2D eigenvalue weighted by Crippen LogP contribution is 2.40. The van der Waals surface area contributed by atoms with Gasteiger partial charge in [-0.25, -0.2) is 8.42 Å². The molecule has 3 aromatic rings. The first-order valence-corrected chi connectivity index (χ1v) is 13.0. The number of anilines is 3. The third-order valence-electron chi connectivity index (χ3n) is 5.62. The highest BCUT2D eigenvalue weighted by atomic mass is 32.2. The maximum absolute atomic E-state index is 13.0. The highest BCUT2D eigenvalue weighted by molar-refractivity contribution is 7.89. The van der Waals surface area contributed by atoms with Gasteiger partial charge in [0.15, 0.2) is 17.4 Å². The molecule has 1 saturated heterocycles. The van der Waals surface area contributed by atoms with Gasteiger partial charge in [-0.15, -0.1) is 0 Å². The van der Waals surface area contributed by atoms with Crippen LogP contribution in [-0.4, -0.2) is 39.7 Å². The Bertz CT molecular complexity index is 1220. The van der Waals surface area contributed by atoms with E-state index in [-0.39, 0.29) is 27.8 Å². The lowest BCUT2D eigenvalue weighted by Gasteiger charge is -2.30. The first-order chi connectivity index (χ1) is 15.6. The number of rotatable bonds is 7. The predicted molar refractivity (Wildman–Crippen MR) is 129 cm³/mol. The van der Waals surface area contributed by atoms with Crippen LogP contribution in [0.15, 0.2) is 39.6 Å². The van der Waals surface area contributed by atoms with Gasteiger partial charge in [-0.2, -0.15) is 13.1 Å². The Balaban J connectivity index is 1.61. The number of sulfonamides is 1. The maximum atomic E-state index is 13.0. The van der Waals surface area contributed by atoms with Gasteiger partial charge in [-0.05, 0) is 49.4 Å². The van der Waals surface area contributed by atoms with Crippen molar-refractivity contribution in [2.75, 3.05) is 23.7 Å². The lowest BCUT2D eigenvalue weighted by Crippen LogP contribution is -2.28. The Morgan fingerprint density at radius 2 is 1.82 bits per heavy atom. The van der Waals surface area contributed by atoms with E-state index in [9.17, 15) is 13.5 Å². The van der Waals surface area contributed by atoms with Gasteiger partial charge in [0, 0.05) is 13.1 Å². The number of benzene rings is 1. The van der Waals surface area contributed by atoms with Crippen molar-refractivity contribution < 1.29 is 17.9 Å². The zero-order valence-corrected chi connectivity index (χ0v) is 20.8. The van der Waals surface area contributed by atoms with E-state index in [4.69, 9.17) is 4.42 Å². The number of hydrogen-bond acceptors (Lipinski definition) is 9. The quantitative estimate of drug-likeness (QED) is 0.400. The van der Waals surface area contributed by atoms with Crippen LogP contribution in [0, 0.1) is 12.3 Å². The van der Waals surface area contributed by atoms with Crippen molar-refractivity contribution in [3.05, 3.63) is 41.9 Å². The number of hydrogen-bond donors (Lipinski definition) is 3. The fraction of sp³-hybridized carbons (Fsp3) is 0.455. The largest absolute Gasteiger partial charge is 0.504 e. The summed E-state index contributed by atoms with van der Waals surface area (Å²) < 4.78 is 41.9. The van der Waals surface area contributed by atoms with E-state index in [1.165, 1.54) is 10.4 Å². The summed E-state index contributed by atoms with van der Waals surface area (Å²) in [6, 6.07) is 8.29. The molecule has 1 aromatic carbocycles. The van der Waals surface area contributed by atoms with Gasteiger partial charge in [-0.3, -0.25) is 0 Å². The van der Waals surface area contributed by atoms with Crippen molar-refractivity contribution in [3.63, 3.8) is 0 Å². The number of aromatic nitrogens is 2. The molecule has 0 spiro atoms. The first-order valence-electron chi connectivity index (χ1n) is 10.8. The molecule has 0 saturated carbocycles. The van der Waals surface area contributed by atoms with E-state index in [1.807, 2.05) is 19.1 Å². The number of nitrogens with one attached hydrogen (secondary N) is 2. The summed E-state index contributed by atoms with van der Waals surface area (Å²) in [6.45, 7) is 9.09. The van der Waals surface area contributed by atoms with Crippen LogP contribution in [0.3, 0.4) is 0 Å². The smallest absolute Gasteiger partial charge is 0.246 e. The molecule has 0 aliphatic carbocycles. The fourth-order valence-electron chi connectivity index (χ4n) is 3.85. The van der Waals surface area contributed by atoms with Gasteiger partial charge in [0.05, 0.1) is 23.5 Å². The molecule has 1 fully saturated rings. The number of aryl methyl sites for hydroxylation is 1. The minimum absolute atomic E-state index is 0.120. The average Bonchev–Trinajstić information content (AvgIpc) is 3.49. The molecule has 3 heterocycles. The molecular formula is C22H29N5O4S2. The zero-order chi connectivity index (χ0) is 23.8. The van der Waals surface area contributed by atoms with Crippen molar-refractivity contribution in [2.24, 2.45) is 5.41 Å². The summed E-state index contributed by atoms with van der Waals surface area (Å²) in [4.78, 5) is -0.120. The van der Waals surface area contributed by atoms with E-state index in [2.05, 4.69) is 40.2 Å². The fourth-order valence-corrected chi connectivity index (χ4v) is 5.95. The maximum Gasteiger partial charge on any atom is 0.246 e. The minimum Gasteiger partial charge on any atom is -0.504 e. The van der Waals surface area contributed by atoms with E-state index < -0.39 is 10.0 Å². The van der Waals surface area contributed by atoms with Crippen LogP contribution in [0.2, 0.25) is 0 Å². The molecule has 3 N–H and O–H groups in total. The van der Waals surface area contributed by atoms with Crippen LogP contribution in [0.25, 0.3) is 0 Å². The summed E-state index contributed by atoms with van der Waals surface area (Å²) in [5.74, 6) is 2.14. The Labute approximate surface area is 198 Å². The predicted octanol–water partition coefficient (Wildman–Crippen LogP) is 4.87. The van der Waals surface area contributed by atoms with Crippen LogP contribution < -0.4 is 10.6 Å². The summed E-state index contributed by atoms with van der Waals surface area (Å²) in [6.07, 6.45) is 1.64. The number of para-hydroxylation sites is 1. The second kappa shape index (κ2) is 8.96. The minimum atomic E-state index is -3.77. The lowest BCUT2D eigenvalue weighted by molar-refractivity contribution is 0.300. The second-order valence-corrected chi connectivity index (χ2v) is 11.7. The van der Waals surface area contributed by atoms with Crippen LogP contribution in [0.1, 0.15) is 51.2 Å². The highest BCUT2D eigenvalue weighted by Gasteiger charge is 2.32. The molecule has 0 amide bonds. The SMILES string of the molecule is Cc1ccc([C@H](Nc2nsnc2Nc2cccc(S(=O)(=O)N3CCCC3)c2O)C(C)(C)C)o1. The van der Waals surface area contributed by atoms with Gasteiger partial charge in [-0.1, -0.05) is 26.8 Å². The van der Waals surface area contributed by atoms with Crippen LogP contribution in [0.4, 0.5) is 17.3 Å². The Morgan fingerprint density at radius 3 is 2.45 bits per heavy atom. The molecule has 11 heteroatoms. The average molecular weight is 492 g/mol.